The number of amides is 1. The van der Waals surface area contributed by atoms with E-state index in [-0.39, 0.29) is 18.3 Å². The molecule has 1 aromatic rings. The number of nitrogens with zero attached hydrogens (tertiary/aromatic N) is 2. The maximum Gasteiger partial charge on any atom is 0.429 e. The van der Waals surface area contributed by atoms with Crippen molar-refractivity contribution in [2.75, 3.05) is 18.5 Å². The third-order valence-electron chi connectivity index (χ3n) is 2.93. The minimum atomic E-state index is -3.81. The minimum absolute atomic E-state index is 0.101. The zero-order valence-electron chi connectivity index (χ0n) is 11.5. The molecule has 0 saturated heterocycles. The Kier molecular flexibility index (Phi) is 4.66. The van der Waals surface area contributed by atoms with Gasteiger partial charge in [0.1, 0.15) is 5.69 Å². The SMILES string of the molecule is CCOP(=O)(O)N/C=C/C1CCNc2nc(C(N)=O)cn21. The van der Waals surface area contributed by atoms with Crippen LogP contribution in [0.4, 0.5) is 5.95 Å². The van der Waals surface area contributed by atoms with Crippen LogP contribution in [-0.2, 0) is 9.09 Å². The summed E-state index contributed by atoms with van der Waals surface area (Å²) < 4.78 is 17.9. The number of anilines is 1. The summed E-state index contributed by atoms with van der Waals surface area (Å²) in [6, 6.07) is -0.101. The lowest BCUT2D eigenvalue weighted by atomic mass is 10.2. The Morgan fingerprint density at radius 1 is 1.81 bits per heavy atom. The van der Waals surface area contributed by atoms with Crippen molar-refractivity contribution in [3.8, 4) is 0 Å². The molecule has 1 aliphatic rings. The summed E-state index contributed by atoms with van der Waals surface area (Å²) in [5.41, 5.74) is 5.38. The van der Waals surface area contributed by atoms with Gasteiger partial charge in [-0.1, -0.05) is 0 Å². The summed E-state index contributed by atoms with van der Waals surface area (Å²) in [5.74, 6) is -0.0579. The van der Waals surface area contributed by atoms with E-state index in [2.05, 4.69) is 19.9 Å². The second-order valence-electron chi connectivity index (χ2n) is 4.43. The van der Waals surface area contributed by atoms with Crippen LogP contribution in [0.25, 0.3) is 0 Å². The molecule has 2 heterocycles. The van der Waals surface area contributed by atoms with Crippen molar-refractivity contribution in [2.24, 2.45) is 5.73 Å². The van der Waals surface area contributed by atoms with Crippen LogP contribution >= 0.6 is 7.75 Å². The fourth-order valence-corrected chi connectivity index (χ4v) is 2.72. The molecular weight excluding hydrogens is 297 g/mol. The van der Waals surface area contributed by atoms with Crippen LogP contribution in [-0.4, -0.2) is 33.5 Å². The van der Waals surface area contributed by atoms with E-state index in [0.717, 1.165) is 6.42 Å². The molecule has 5 N–H and O–H groups in total. The normalized spacial score (nSPS) is 20.6. The number of nitrogens with two attached hydrogens (primary N) is 1. The van der Waals surface area contributed by atoms with Gasteiger partial charge < -0.3 is 20.5 Å². The maximum absolute atomic E-state index is 11.5. The molecule has 2 unspecified atom stereocenters. The zero-order chi connectivity index (χ0) is 15.5. The topological polar surface area (TPSA) is 132 Å². The molecule has 0 spiro atoms. The van der Waals surface area contributed by atoms with Gasteiger partial charge in [0, 0.05) is 18.9 Å². The summed E-state index contributed by atoms with van der Waals surface area (Å²) in [7, 11) is -3.81. The summed E-state index contributed by atoms with van der Waals surface area (Å²) in [6.07, 6.45) is 5.38. The van der Waals surface area contributed by atoms with Gasteiger partial charge in [0.05, 0.1) is 12.6 Å². The Morgan fingerprint density at radius 2 is 2.57 bits per heavy atom. The van der Waals surface area contributed by atoms with Crippen molar-refractivity contribution in [3.63, 3.8) is 0 Å². The molecule has 116 valence electrons. The number of allylic oxidation sites excluding steroid dienone is 1. The second-order valence-corrected chi connectivity index (χ2v) is 5.99. The van der Waals surface area contributed by atoms with E-state index in [1.54, 1.807) is 23.8 Å². The molecule has 2 atom stereocenters. The first kappa shape index (κ1) is 15.6. The molecule has 2 rings (SSSR count). The predicted octanol–water partition coefficient (Wildman–Crippen LogP) is 0.579. The summed E-state index contributed by atoms with van der Waals surface area (Å²) in [4.78, 5) is 24.6. The molecule has 1 aliphatic heterocycles. The van der Waals surface area contributed by atoms with Gasteiger partial charge in [0.25, 0.3) is 5.91 Å². The highest BCUT2D eigenvalue weighted by molar-refractivity contribution is 7.50. The lowest BCUT2D eigenvalue weighted by molar-refractivity contribution is 0.0996. The third-order valence-corrected chi connectivity index (χ3v) is 4.01. The van der Waals surface area contributed by atoms with Crippen LogP contribution in [0.2, 0.25) is 0 Å². The van der Waals surface area contributed by atoms with Gasteiger partial charge in [0.15, 0.2) is 0 Å². The van der Waals surface area contributed by atoms with Gasteiger partial charge in [-0.3, -0.25) is 14.4 Å². The summed E-state index contributed by atoms with van der Waals surface area (Å²) in [5, 5.41) is 5.39. The van der Waals surface area contributed by atoms with Gasteiger partial charge in [-0.2, -0.15) is 0 Å². The van der Waals surface area contributed by atoms with Crippen molar-refractivity contribution in [1.82, 2.24) is 14.6 Å². The molecule has 1 amide bonds. The van der Waals surface area contributed by atoms with E-state index in [0.29, 0.717) is 12.5 Å². The molecule has 0 fully saturated rings. The van der Waals surface area contributed by atoms with Gasteiger partial charge in [-0.05, 0) is 19.4 Å². The van der Waals surface area contributed by atoms with Crippen molar-refractivity contribution < 1.29 is 18.8 Å². The van der Waals surface area contributed by atoms with Gasteiger partial charge in [-0.25, -0.2) is 9.55 Å². The number of imidazole rings is 1. The van der Waals surface area contributed by atoms with Crippen LogP contribution < -0.4 is 16.1 Å². The number of carbonyl (C=O) groups is 1. The fourth-order valence-electron chi connectivity index (χ4n) is 2.02. The molecule has 1 aromatic heterocycles. The first-order valence-corrected chi connectivity index (χ1v) is 8.05. The van der Waals surface area contributed by atoms with E-state index in [9.17, 15) is 14.3 Å². The summed E-state index contributed by atoms with van der Waals surface area (Å²) in [6.45, 7) is 2.44. The lowest BCUT2D eigenvalue weighted by Gasteiger charge is -2.23. The highest BCUT2D eigenvalue weighted by Crippen LogP contribution is 2.36. The van der Waals surface area contributed by atoms with E-state index < -0.39 is 13.7 Å². The minimum Gasteiger partial charge on any atom is -0.364 e. The van der Waals surface area contributed by atoms with E-state index in [1.165, 1.54) is 6.20 Å². The molecule has 0 saturated carbocycles. The van der Waals surface area contributed by atoms with Gasteiger partial charge in [-0.15, -0.1) is 0 Å². The Balaban J connectivity index is 2.09. The maximum atomic E-state index is 11.5. The number of hydrogen-bond acceptors (Lipinski definition) is 5. The molecule has 0 bridgehead atoms. The highest BCUT2D eigenvalue weighted by Gasteiger charge is 2.21. The van der Waals surface area contributed by atoms with Crippen LogP contribution in [0.1, 0.15) is 29.9 Å². The van der Waals surface area contributed by atoms with Crippen LogP contribution in [0.15, 0.2) is 18.5 Å². The van der Waals surface area contributed by atoms with Crippen molar-refractivity contribution >= 4 is 19.6 Å². The van der Waals surface area contributed by atoms with Gasteiger partial charge in [0.2, 0.25) is 5.95 Å². The second kappa shape index (κ2) is 6.30. The number of hydrogen-bond donors (Lipinski definition) is 4. The zero-order valence-corrected chi connectivity index (χ0v) is 12.4. The largest absolute Gasteiger partial charge is 0.429 e. The third kappa shape index (κ3) is 3.84. The Bertz CT molecular complexity index is 599. The van der Waals surface area contributed by atoms with Crippen LogP contribution in [0.3, 0.4) is 0 Å². The highest BCUT2D eigenvalue weighted by atomic mass is 31.2. The predicted molar refractivity (Wildman–Crippen MR) is 76.6 cm³/mol. The molecular formula is C11H18N5O4P. The van der Waals surface area contributed by atoms with Crippen LogP contribution in [0, 0.1) is 0 Å². The van der Waals surface area contributed by atoms with E-state index >= 15 is 0 Å². The van der Waals surface area contributed by atoms with E-state index in [1.807, 2.05) is 0 Å². The number of fused-ring (bicyclic) bond motifs is 1. The monoisotopic (exact) mass is 315 g/mol. The van der Waals surface area contributed by atoms with Gasteiger partial charge >= 0.3 is 7.75 Å². The first-order valence-electron chi connectivity index (χ1n) is 6.47. The van der Waals surface area contributed by atoms with Crippen LogP contribution in [0.5, 0.6) is 0 Å². The smallest absolute Gasteiger partial charge is 0.364 e. The quantitative estimate of drug-likeness (QED) is 0.564. The molecule has 0 aromatic carbocycles. The lowest BCUT2D eigenvalue weighted by Crippen LogP contribution is -2.21. The van der Waals surface area contributed by atoms with Crippen molar-refractivity contribution in [1.29, 1.82) is 0 Å². The fraction of sp³-hybridized carbons (Fsp3) is 0.455. The molecule has 9 nitrogen and oxygen atoms in total. The molecule has 21 heavy (non-hydrogen) atoms. The number of rotatable bonds is 6. The number of carbonyl (C=O) groups excluding carboxylic acids is 1. The molecule has 0 radical (unpaired) electrons. The Hall–Kier alpha value is -1.83. The molecule has 0 aliphatic carbocycles. The van der Waals surface area contributed by atoms with Crippen molar-refractivity contribution in [3.05, 3.63) is 24.2 Å². The Labute approximate surface area is 121 Å². The molecule has 10 heteroatoms. The number of nitrogens with one attached hydrogen (secondary N) is 2. The standard InChI is InChI=1S/C11H18N5O4P/c1-2-20-21(18,19)14-6-4-8-3-5-13-11-15-9(10(12)17)7-16(8)11/h4,6-8H,2-3,5H2,1H3,(H2,12,17)(H,13,15)(H2,14,18,19)/b6-4+. The van der Waals surface area contributed by atoms with Crippen molar-refractivity contribution in [2.45, 2.75) is 19.4 Å². The Morgan fingerprint density at radius 3 is 3.24 bits per heavy atom. The number of aromatic nitrogens is 2. The number of primary amides is 1. The van der Waals surface area contributed by atoms with E-state index in [4.69, 9.17) is 5.73 Å². The first-order chi connectivity index (χ1) is 9.93. The summed E-state index contributed by atoms with van der Waals surface area (Å²) >= 11 is 0. The average molecular weight is 315 g/mol. The average Bonchev–Trinajstić information content (AvgIpc) is 2.83.